The summed E-state index contributed by atoms with van der Waals surface area (Å²) in [4.78, 5) is 0. The van der Waals surface area contributed by atoms with Gasteiger partial charge in [0.1, 0.15) is 0 Å². The lowest BCUT2D eigenvalue weighted by Gasteiger charge is -2.24. The molecule has 3 N–H and O–H groups in total. The van der Waals surface area contributed by atoms with Crippen LogP contribution in [0.5, 0.6) is 0 Å². The quantitative estimate of drug-likeness (QED) is 0.828. The highest BCUT2D eigenvalue weighted by atomic mass is 19.2. The number of hydrogen-bond acceptors (Lipinski definition) is 2. The molecular weight excluding hydrogens is 260 g/mol. The number of benzene rings is 2. The van der Waals surface area contributed by atoms with E-state index in [4.69, 9.17) is 5.73 Å². The summed E-state index contributed by atoms with van der Waals surface area (Å²) in [5.74, 6) is -1.77. The Morgan fingerprint density at radius 2 is 2.00 bits per heavy atom. The van der Waals surface area contributed by atoms with E-state index in [1.54, 1.807) is 12.1 Å². The van der Waals surface area contributed by atoms with E-state index in [1.165, 1.54) is 12.1 Å². The van der Waals surface area contributed by atoms with Crippen molar-refractivity contribution in [3.05, 3.63) is 64.7 Å². The van der Waals surface area contributed by atoms with Gasteiger partial charge >= 0.3 is 0 Å². The largest absolute Gasteiger partial charge is 0.399 e. The zero-order valence-electron chi connectivity index (χ0n) is 10.9. The van der Waals surface area contributed by atoms with E-state index >= 15 is 0 Å². The Labute approximate surface area is 115 Å². The molecule has 4 heteroatoms. The first kappa shape index (κ1) is 13.1. The fraction of sp³-hybridized carbons (Fsp3) is 0.250. The molecule has 0 saturated heterocycles. The van der Waals surface area contributed by atoms with Gasteiger partial charge in [-0.25, -0.2) is 8.78 Å². The molecule has 0 aliphatic heterocycles. The second-order valence-electron chi connectivity index (χ2n) is 5.34. The number of anilines is 1. The number of aliphatic hydroxyl groups is 1. The Kier molecular flexibility index (Phi) is 2.98. The van der Waals surface area contributed by atoms with Crippen LogP contribution in [0.1, 0.15) is 23.1 Å². The number of halogens is 2. The molecule has 2 aromatic rings. The fourth-order valence-electron chi connectivity index (χ4n) is 2.93. The van der Waals surface area contributed by atoms with Crippen molar-refractivity contribution in [2.45, 2.75) is 24.9 Å². The maximum absolute atomic E-state index is 13.8. The van der Waals surface area contributed by atoms with Crippen molar-refractivity contribution in [3.8, 4) is 0 Å². The lowest BCUT2D eigenvalue weighted by molar-refractivity contribution is 0.0380. The average Bonchev–Trinajstić information content (AvgIpc) is 2.72. The second-order valence-corrected chi connectivity index (χ2v) is 5.34. The van der Waals surface area contributed by atoms with Gasteiger partial charge < -0.3 is 10.8 Å². The molecule has 0 saturated carbocycles. The highest BCUT2D eigenvalue weighted by Gasteiger charge is 2.37. The smallest absolute Gasteiger partial charge is 0.162 e. The summed E-state index contributed by atoms with van der Waals surface area (Å²) in [5.41, 5.74) is 7.14. The van der Waals surface area contributed by atoms with E-state index in [1.807, 2.05) is 6.07 Å². The molecule has 0 spiro atoms. The second kappa shape index (κ2) is 4.56. The van der Waals surface area contributed by atoms with Crippen molar-refractivity contribution in [1.82, 2.24) is 0 Å². The number of nitrogen functional groups attached to an aromatic ring is 1. The summed E-state index contributed by atoms with van der Waals surface area (Å²) in [6.45, 7) is 0. The van der Waals surface area contributed by atoms with Gasteiger partial charge in [-0.3, -0.25) is 0 Å². The summed E-state index contributed by atoms with van der Waals surface area (Å²) in [7, 11) is 0. The van der Waals surface area contributed by atoms with E-state index in [0.717, 1.165) is 17.2 Å². The maximum Gasteiger partial charge on any atom is 0.162 e. The molecule has 3 rings (SSSR count). The minimum absolute atomic E-state index is 0.0630. The molecule has 0 heterocycles. The molecule has 0 radical (unpaired) electrons. The maximum atomic E-state index is 13.8. The summed E-state index contributed by atoms with van der Waals surface area (Å²) in [6, 6.07) is 9.36. The predicted octanol–water partition coefficient (Wildman–Crippen LogP) is 2.92. The number of aryl methyl sites for hydroxylation is 1. The van der Waals surface area contributed by atoms with Crippen LogP contribution < -0.4 is 5.73 Å². The average molecular weight is 275 g/mol. The number of nitrogens with two attached hydrogens (primary N) is 1. The van der Waals surface area contributed by atoms with Crippen molar-refractivity contribution < 1.29 is 13.9 Å². The first-order valence-corrected chi connectivity index (χ1v) is 6.54. The number of hydrogen-bond donors (Lipinski definition) is 2. The van der Waals surface area contributed by atoms with Gasteiger partial charge in [-0.05, 0) is 47.7 Å². The van der Waals surface area contributed by atoms with E-state index in [9.17, 15) is 13.9 Å². The van der Waals surface area contributed by atoms with Crippen molar-refractivity contribution in [2.75, 3.05) is 5.73 Å². The molecule has 1 aliphatic rings. The molecule has 20 heavy (non-hydrogen) atoms. The Morgan fingerprint density at radius 1 is 1.20 bits per heavy atom. The zero-order valence-corrected chi connectivity index (χ0v) is 10.9. The first-order valence-electron chi connectivity index (χ1n) is 6.54. The fourth-order valence-corrected chi connectivity index (χ4v) is 2.93. The van der Waals surface area contributed by atoms with Crippen LogP contribution in [-0.4, -0.2) is 5.11 Å². The molecule has 0 bridgehead atoms. The minimum atomic E-state index is -1.16. The molecule has 0 fully saturated rings. The van der Waals surface area contributed by atoms with Crippen LogP contribution in [0.2, 0.25) is 0 Å². The number of fused-ring (bicyclic) bond motifs is 1. The SMILES string of the molecule is Nc1ccc2c(c1)CCC2(O)Cc1cccc(F)c1F. The molecular formula is C16H15F2NO. The minimum Gasteiger partial charge on any atom is -0.399 e. The highest BCUT2D eigenvalue weighted by molar-refractivity contribution is 5.49. The number of rotatable bonds is 2. The van der Waals surface area contributed by atoms with Gasteiger partial charge in [-0.2, -0.15) is 0 Å². The molecule has 1 atom stereocenters. The Morgan fingerprint density at radius 3 is 2.80 bits per heavy atom. The first-order chi connectivity index (χ1) is 9.49. The zero-order chi connectivity index (χ0) is 14.3. The topological polar surface area (TPSA) is 46.2 Å². The summed E-state index contributed by atoms with van der Waals surface area (Å²) in [6.07, 6.45) is 1.24. The van der Waals surface area contributed by atoms with Crippen molar-refractivity contribution in [3.63, 3.8) is 0 Å². The van der Waals surface area contributed by atoms with Gasteiger partial charge in [0.05, 0.1) is 5.60 Å². The Hall–Kier alpha value is -1.94. The third-order valence-corrected chi connectivity index (χ3v) is 3.95. The van der Waals surface area contributed by atoms with E-state index in [0.29, 0.717) is 18.5 Å². The molecule has 2 nitrogen and oxygen atoms in total. The van der Waals surface area contributed by atoms with Crippen LogP contribution in [0, 0.1) is 11.6 Å². The van der Waals surface area contributed by atoms with Gasteiger partial charge in [0.25, 0.3) is 0 Å². The van der Waals surface area contributed by atoms with E-state index in [2.05, 4.69) is 0 Å². The highest BCUT2D eigenvalue weighted by Crippen LogP contribution is 2.40. The van der Waals surface area contributed by atoms with Crippen molar-refractivity contribution >= 4 is 5.69 Å². The Balaban J connectivity index is 1.98. The molecule has 1 unspecified atom stereocenters. The van der Waals surface area contributed by atoms with Gasteiger partial charge in [-0.15, -0.1) is 0 Å². The molecule has 2 aromatic carbocycles. The molecule has 104 valence electrons. The van der Waals surface area contributed by atoms with Crippen molar-refractivity contribution in [2.24, 2.45) is 0 Å². The van der Waals surface area contributed by atoms with Crippen LogP contribution in [0.15, 0.2) is 36.4 Å². The third kappa shape index (κ3) is 2.06. The van der Waals surface area contributed by atoms with Crippen LogP contribution in [0.4, 0.5) is 14.5 Å². The van der Waals surface area contributed by atoms with Crippen LogP contribution in [0.3, 0.4) is 0 Å². The van der Waals surface area contributed by atoms with Crippen LogP contribution >= 0.6 is 0 Å². The van der Waals surface area contributed by atoms with Gasteiger partial charge in [0.15, 0.2) is 11.6 Å². The predicted molar refractivity (Wildman–Crippen MR) is 73.1 cm³/mol. The van der Waals surface area contributed by atoms with Crippen molar-refractivity contribution in [1.29, 1.82) is 0 Å². The molecule has 0 amide bonds. The summed E-state index contributed by atoms with van der Waals surface area (Å²) >= 11 is 0. The van der Waals surface area contributed by atoms with E-state index in [-0.39, 0.29) is 12.0 Å². The standard InChI is InChI=1S/C16H15F2NO/c17-14-3-1-2-11(15(14)18)9-16(20)7-6-10-8-12(19)4-5-13(10)16/h1-5,8,20H,6-7,9,19H2. The van der Waals surface area contributed by atoms with Crippen LogP contribution in [-0.2, 0) is 18.4 Å². The summed E-state index contributed by atoms with van der Waals surface area (Å²) in [5, 5.41) is 10.8. The van der Waals surface area contributed by atoms with Gasteiger partial charge in [0, 0.05) is 12.1 Å². The monoisotopic (exact) mass is 275 g/mol. The van der Waals surface area contributed by atoms with Crippen LogP contribution in [0.25, 0.3) is 0 Å². The molecule has 0 aromatic heterocycles. The van der Waals surface area contributed by atoms with Gasteiger partial charge in [0.2, 0.25) is 0 Å². The third-order valence-electron chi connectivity index (χ3n) is 3.95. The normalized spacial score (nSPS) is 20.9. The Bertz CT molecular complexity index is 672. The molecule has 1 aliphatic carbocycles. The summed E-state index contributed by atoms with van der Waals surface area (Å²) < 4.78 is 27.0. The lowest BCUT2D eigenvalue weighted by atomic mass is 9.88. The van der Waals surface area contributed by atoms with E-state index < -0.39 is 17.2 Å². The lowest BCUT2D eigenvalue weighted by Crippen LogP contribution is -2.26. The van der Waals surface area contributed by atoms with Gasteiger partial charge in [-0.1, -0.05) is 18.2 Å².